The van der Waals surface area contributed by atoms with Crippen LogP contribution in [0.1, 0.15) is 0 Å². The Hall–Kier alpha value is -1.83. The molecule has 0 unspecified atom stereocenters. The van der Waals surface area contributed by atoms with Gasteiger partial charge in [-0.1, -0.05) is 30.3 Å². The van der Waals surface area contributed by atoms with E-state index < -0.39 is 0 Å². The van der Waals surface area contributed by atoms with Gasteiger partial charge in [-0.2, -0.15) is 0 Å². The quantitative estimate of drug-likeness (QED) is 0.650. The Morgan fingerprint density at radius 3 is 2.15 bits per heavy atom. The number of carbonyl (C=O) groups excluding carboxylic acids is 1. The van der Waals surface area contributed by atoms with Crippen LogP contribution in [-0.4, -0.2) is 6.47 Å². The van der Waals surface area contributed by atoms with Crippen LogP contribution < -0.4 is 4.74 Å². The minimum Gasteiger partial charge on any atom is -0.429 e. The summed E-state index contributed by atoms with van der Waals surface area (Å²) in [7, 11) is 0. The van der Waals surface area contributed by atoms with E-state index in [1.54, 1.807) is 0 Å². The van der Waals surface area contributed by atoms with Crippen LogP contribution in [0.4, 0.5) is 0 Å². The molecule has 0 saturated heterocycles. The molecule has 0 bridgehead atoms. The summed E-state index contributed by atoms with van der Waals surface area (Å²) in [5.74, 6) is 0.594. The highest BCUT2D eigenvalue weighted by atomic mass is 16.5. The van der Waals surface area contributed by atoms with Crippen molar-refractivity contribution in [3.05, 3.63) is 42.5 Å². The van der Waals surface area contributed by atoms with E-state index in [1.807, 2.05) is 42.5 Å². The van der Waals surface area contributed by atoms with Gasteiger partial charge in [-0.15, -0.1) is 0 Å². The minimum atomic E-state index is 0.439. The molecular formula is C11H8O2. The lowest BCUT2D eigenvalue weighted by Gasteiger charge is -1.86. The lowest BCUT2D eigenvalue weighted by molar-refractivity contribution is -0.120. The van der Waals surface area contributed by atoms with Crippen LogP contribution in [0.5, 0.6) is 5.75 Å². The van der Waals surface area contributed by atoms with Gasteiger partial charge in [-0.3, -0.25) is 4.79 Å². The van der Waals surface area contributed by atoms with Gasteiger partial charge in [0.1, 0.15) is 5.75 Å². The van der Waals surface area contributed by atoms with Gasteiger partial charge >= 0.3 is 0 Å². The van der Waals surface area contributed by atoms with Crippen LogP contribution in [0.3, 0.4) is 0 Å². The summed E-state index contributed by atoms with van der Waals surface area (Å²) in [5.41, 5.74) is 2.14. The van der Waals surface area contributed by atoms with Gasteiger partial charge < -0.3 is 4.74 Å². The Balaban J connectivity index is 2.50. The number of fused-ring (bicyclic) bond motifs is 1. The largest absolute Gasteiger partial charge is 0.429 e. The Bertz CT molecular complexity index is 365. The van der Waals surface area contributed by atoms with Crippen molar-refractivity contribution in [1.82, 2.24) is 0 Å². The number of hydrogen-bond acceptors (Lipinski definition) is 2. The molecule has 0 aliphatic heterocycles. The highest BCUT2D eigenvalue weighted by Crippen LogP contribution is 2.29. The maximum atomic E-state index is 10.1. The second-order valence-electron chi connectivity index (χ2n) is 2.73. The number of ether oxygens (including phenoxy) is 1. The van der Waals surface area contributed by atoms with E-state index >= 15 is 0 Å². The van der Waals surface area contributed by atoms with Gasteiger partial charge in [0.05, 0.1) is 0 Å². The van der Waals surface area contributed by atoms with Gasteiger partial charge in [0.2, 0.25) is 0 Å². The van der Waals surface area contributed by atoms with Crippen LogP contribution in [0.15, 0.2) is 42.5 Å². The Morgan fingerprint density at radius 1 is 1.00 bits per heavy atom. The molecular weight excluding hydrogens is 164 g/mol. The summed E-state index contributed by atoms with van der Waals surface area (Å²) in [6.45, 7) is 0.439. The summed E-state index contributed by atoms with van der Waals surface area (Å²) in [6.07, 6.45) is 0. The molecule has 0 atom stereocenters. The first-order valence-electron chi connectivity index (χ1n) is 3.99. The fourth-order valence-corrected chi connectivity index (χ4v) is 1.31. The zero-order valence-corrected chi connectivity index (χ0v) is 6.94. The molecule has 0 saturated carbocycles. The maximum Gasteiger partial charge on any atom is 0.298 e. The first-order chi connectivity index (χ1) is 6.40. The molecule has 0 radical (unpaired) electrons. The molecule has 2 aliphatic carbocycles. The molecule has 0 heterocycles. The first-order valence-corrected chi connectivity index (χ1v) is 3.99. The topological polar surface area (TPSA) is 26.3 Å². The van der Waals surface area contributed by atoms with Crippen LogP contribution in [0.2, 0.25) is 0 Å². The molecule has 0 fully saturated rings. The van der Waals surface area contributed by atoms with Gasteiger partial charge in [0.25, 0.3) is 6.47 Å². The molecule has 13 heavy (non-hydrogen) atoms. The Morgan fingerprint density at radius 2 is 1.62 bits per heavy atom. The molecule has 0 aromatic carbocycles. The van der Waals surface area contributed by atoms with Crippen molar-refractivity contribution in [2.45, 2.75) is 0 Å². The third-order valence-electron chi connectivity index (χ3n) is 1.89. The fraction of sp³-hybridized carbons (Fsp3) is 0. The van der Waals surface area contributed by atoms with E-state index in [1.165, 1.54) is 0 Å². The van der Waals surface area contributed by atoms with Crippen LogP contribution >= 0.6 is 0 Å². The molecule has 0 spiro atoms. The Kier molecular flexibility index (Phi) is 1.96. The smallest absolute Gasteiger partial charge is 0.298 e. The van der Waals surface area contributed by atoms with Crippen molar-refractivity contribution in [1.29, 1.82) is 0 Å². The summed E-state index contributed by atoms with van der Waals surface area (Å²) in [5, 5.41) is 0. The van der Waals surface area contributed by atoms with Gasteiger partial charge in [0, 0.05) is 0 Å². The average Bonchev–Trinajstić information content (AvgIpc) is 2.37. The second kappa shape index (κ2) is 3.27. The second-order valence-corrected chi connectivity index (χ2v) is 2.73. The van der Waals surface area contributed by atoms with E-state index in [0.29, 0.717) is 12.2 Å². The van der Waals surface area contributed by atoms with E-state index in [2.05, 4.69) is 0 Å². The molecule has 0 aromatic rings. The Labute approximate surface area is 76.1 Å². The van der Waals surface area contributed by atoms with Crippen molar-refractivity contribution in [2.24, 2.45) is 0 Å². The standard InChI is InChI=1S/C11H8O2/c12-8-13-11-6-9-4-2-1-3-5-10(9)7-11/h1-8H. The highest BCUT2D eigenvalue weighted by Gasteiger charge is 2.04. The van der Waals surface area contributed by atoms with Crippen LogP contribution in [0, 0.1) is 0 Å². The molecule has 2 aliphatic rings. The SMILES string of the molecule is O=COc1cc2cccccc-2c1. The van der Waals surface area contributed by atoms with Gasteiger partial charge in [-0.25, -0.2) is 0 Å². The van der Waals surface area contributed by atoms with E-state index in [4.69, 9.17) is 4.74 Å². The molecule has 2 nitrogen and oxygen atoms in total. The zero-order valence-electron chi connectivity index (χ0n) is 6.94. The predicted molar refractivity (Wildman–Crippen MR) is 49.8 cm³/mol. The van der Waals surface area contributed by atoms with Crippen LogP contribution in [0.25, 0.3) is 11.1 Å². The van der Waals surface area contributed by atoms with E-state index in [9.17, 15) is 4.79 Å². The molecule has 0 aromatic heterocycles. The van der Waals surface area contributed by atoms with Crippen molar-refractivity contribution in [3.63, 3.8) is 0 Å². The molecule has 0 amide bonds. The van der Waals surface area contributed by atoms with Crippen LogP contribution in [-0.2, 0) is 4.79 Å². The number of rotatable bonds is 2. The highest BCUT2D eigenvalue weighted by molar-refractivity contribution is 5.70. The summed E-state index contributed by atoms with van der Waals surface area (Å²) in [4.78, 5) is 10.1. The summed E-state index contributed by atoms with van der Waals surface area (Å²) in [6, 6.07) is 13.5. The normalized spacial score (nSPS) is 9.85. The number of hydrogen-bond donors (Lipinski definition) is 0. The zero-order chi connectivity index (χ0) is 9.10. The third-order valence-corrected chi connectivity index (χ3v) is 1.89. The lowest BCUT2D eigenvalue weighted by atomic mass is 10.2. The van der Waals surface area contributed by atoms with E-state index in [0.717, 1.165) is 11.1 Å². The number of carbonyl (C=O) groups is 1. The fourth-order valence-electron chi connectivity index (χ4n) is 1.31. The van der Waals surface area contributed by atoms with Gasteiger partial charge in [0.15, 0.2) is 0 Å². The monoisotopic (exact) mass is 172 g/mol. The first kappa shape index (κ1) is 7.80. The average molecular weight is 172 g/mol. The molecule has 0 N–H and O–H groups in total. The van der Waals surface area contributed by atoms with Crippen molar-refractivity contribution in [2.75, 3.05) is 0 Å². The lowest BCUT2D eigenvalue weighted by Crippen LogP contribution is -1.83. The summed E-state index contributed by atoms with van der Waals surface area (Å²) < 4.78 is 4.74. The minimum absolute atomic E-state index is 0.439. The maximum absolute atomic E-state index is 10.1. The molecule has 64 valence electrons. The van der Waals surface area contributed by atoms with Crippen molar-refractivity contribution < 1.29 is 9.53 Å². The molecule has 2 heteroatoms. The third kappa shape index (κ3) is 1.51. The predicted octanol–water partition coefficient (Wildman–Crippen LogP) is 2.33. The van der Waals surface area contributed by atoms with Gasteiger partial charge in [-0.05, 0) is 23.3 Å². The van der Waals surface area contributed by atoms with E-state index in [-0.39, 0.29) is 0 Å². The van der Waals surface area contributed by atoms with Crippen molar-refractivity contribution in [3.8, 4) is 16.9 Å². The molecule has 2 rings (SSSR count). The van der Waals surface area contributed by atoms with Crippen molar-refractivity contribution >= 4 is 6.47 Å². The summed E-state index contributed by atoms with van der Waals surface area (Å²) >= 11 is 0.